The van der Waals surface area contributed by atoms with Gasteiger partial charge in [0.2, 0.25) is 0 Å². The lowest BCUT2D eigenvalue weighted by atomic mass is 9.73. The number of hydrogen-bond donors (Lipinski definition) is 0. The van der Waals surface area contributed by atoms with Gasteiger partial charge in [-0.1, -0.05) is 63.4 Å². The Morgan fingerprint density at radius 1 is 1.50 bits per heavy atom. The highest BCUT2D eigenvalue weighted by Crippen LogP contribution is 2.44. The van der Waals surface area contributed by atoms with E-state index in [0.29, 0.717) is 10.7 Å². The van der Waals surface area contributed by atoms with Crippen LogP contribution in [-0.4, -0.2) is 20.4 Å². The van der Waals surface area contributed by atoms with Gasteiger partial charge in [0.1, 0.15) is 10.9 Å². The standard InChI is InChI=1S/C12H11BrCl2N2O/c1-7(18)12(6-4-3-5-8(12)13)9-10(14)16-17(2)11(9)15/h3-6,8H,1-2H3. The number of carbonyl (C=O) groups excluding carboxylic acids is 1. The molecule has 3 nitrogen and oxygen atoms in total. The first kappa shape index (κ1) is 13.8. The van der Waals surface area contributed by atoms with Crippen molar-refractivity contribution in [3.05, 3.63) is 40.2 Å². The average molecular weight is 350 g/mol. The summed E-state index contributed by atoms with van der Waals surface area (Å²) >= 11 is 15.9. The Morgan fingerprint density at radius 2 is 2.17 bits per heavy atom. The van der Waals surface area contributed by atoms with E-state index >= 15 is 0 Å². The zero-order chi connectivity index (χ0) is 13.5. The molecule has 1 aliphatic rings. The molecule has 0 spiro atoms. The lowest BCUT2D eigenvalue weighted by molar-refractivity contribution is -0.120. The first-order valence-electron chi connectivity index (χ1n) is 5.31. The van der Waals surface area contributed by atoms with Crippen molar-refractivity contribution in [2.75, 3.05) is 0 Å². The summed E-state index contributed by atoms with van der Waals surface area (Å²) < 4.78 is 1.47. The number of aromatic nitrogens is 2. The van der Waals surface area contributed by atoms with Crippen LogP contribution in [0.15, 0.2) is 24.3 Å². The zero-order valence-corrected chi connectivity index (χ0v) is 12.9. The predicted molar refractivity (Wildman–Crippen MR) is 76.6 cm³/mol. The predicted octanol–water partition coefficient (Wildman–Crippen LogP) is 3.44. The lowest BCUT2D eigenvalue weighted by Crippen LogP contribution is -2.41. The van der Waals surface area contributed by atoms with E-state index in [1.807, 2.05) is 24.3 Å². The fourth-order valence-corrected chi connectivity index (χ4v) is 3.71. The number of aryl methyl sites for hydroxylation is 1. The van der Waals surface area contributed by atoms with Crippen LogP contribution < -0.4 is 0 Å². The molecule has 2 rings (SSSR count). The van der Waals surface area contributed by atoms with Crippen molar-refractivity contribution in [3.63, 3.8) is 0 Å². The molecule has 0 N–H and O–H groups in total. The van der Waals surface area contributed by atoms with Crippen molar-refractivity contribution in [1.29, 1.82) is 0 Å². The number of carbonyl (C=O) groups is 1. The van der Waals surface area contributed by atoms with E-state index in [0.717, 1.165) is 0 Å². The minimum absolute atomic E-state index is 0.0400. The molecule has 18 heavy (non-hydrogen) atoms. The van der Waals surface area contributed by atoms with Crippen molar-refractivity contribution >= 4 is 44.9 Å². The second kappa shape index (κ2) is 4.83. The number of allylic oxidation sites excluding steroid dienone is 4. The van der Waals surface area contributed by atoms with Gasteiger partial charge in [-0.2, -0.15) is 5.10 Å². The number of halogens is 3. The molecule has 0 bridgehead atoms. The van der Waals surface area contributed by atoms with Crippen LogP contribution in [-0.2, 0) is 17.3 Å². The Kier molecular flexibility index (Phi) is 3.72. The maximum absolute atomic E-state index is 12.2. The molecule has 6 heteroatoms. The minimum Gasteiger partial charge on any atom is -0.299 e. The van der Waals surface area contributed by atoms with Crippen molar-refractivity contribution in [2.24, 2.45) is 7.05 Å². The van der Waals surface area contributed by atoms with Crippen LogP contribution in [0.4, 0.5) is 0 Å². The highest BCUT2D eigenvalue weighted by molar-refractivity contribution is 9.09. The average Bonchev–Trinajstić information content (AvgIpc) is 2.55. The molecule has 96 valence electrons. The fourth-order valence-electron chi connectivity index (χ4n) is 2.14. The second-order valence-electron chi connectivity index (χ2n) is 4.15. The Bertz CT molecular complexity index is 565. The highest BCUT2D eigenvalue weighted by atomic mass is 79.9. The first-order valence-corrected chi connectivity index (χ1v) is 6.98. The van der Waals surface area contributed by atoms with Gasteiger partial charge in [0.25, 0.3) is 0 Å². The van der Waals surface area contributed by atoms with Gasteiger partial charge in [-0.05, 0) is 6.92 Å². The normalized spacial score (nSPS) is 26.6. The van der Waals surface area contributed by atoms with Crippen molar-refractivity contribution in [3.8, 4) is 0 Å². The molecule has 0 radical (unpaired) electrons. The molecule has 0 aromatic carbocycles. The van der Waals surface area contributed by atoms with E-state index < -0.39 is 5.41 Å². The van der Waals surface area contributed by atoms with E-state index in [9.17, 15) is 4.79 Å². The number of rotatable bonds is 2. The summed E-state index contributed by atoms with van der Waals surface area (Å²) in [6, 6.07) is 0. The molecule has 0 saturated carbocycles. The molecule has 1 heterocycles. The summed E-state index contributed by atoms with van der Waals surface area (Å²) in [5.74, 6) is -0.0400. The van der Waals surface area contributed by atoms with Crippen LogP contribution >= 0.6 is 39.1 Å². The Hall–Kier alpha value is -0.580. The third kappa shape index (κ3) is 1.87. The molecule has 2 unspecified atom stereocenters. The summed E-state index contributed by atoms with van der Waals surface area (Å²) in [5, 5.41) is 4.69. The van der Waals surface area contributed by atoms with Gasteiger partial charge in [-0.15, -0.1) is 0 Å². The third-order valence-corrected chi connectivity index (χ3v) is 4.84. The Balaban J connectivity index is 2.73. The Morgan fingerprint density at radius 3 is 2.61 bits per heavy atom. The van der Waals surface area contributed by atoms with E-state index in [4.69, 9.17) is 23.2 Å². The van der Waals surface area contributed by atoms with Crippen LogP contribution in [0.5, 0.6) is 0 Å². The second-order valence-corrected chi connectivity index (χ2v) is 5.85. The first-order chi connectivity index (χ1) is 8.41. The molecule has 1 aromatic rings. The van der Waals surface area contributed by atoms with Crippen molar-refractivity contribution in [1.82, 2.24) is 9.78 Å². The summed E-state index contributed by atoms with van der Waals surface area (Å²) in [6.07, 6.45) is 7.39. The summed E-state index contributed by atoms with van der Waals surface area (Å²) in [4.78, 5) is 12.0. The largest absolute Gasteiger partial charge is 0.299 e. The summed E-state index contributed by atoms with van der Waals surface area (Å²) in [7, 11) is 1.69. The fraction of sp³-hybridized carbons (Fsp3) is 0.333. The maximum Gasteiger partial charge on any atom is 0.157 e. The number of nitrogens with zero attached hydrogens (tertiary/aromatic N) is 2. The van der Waals surface area contributed by atoms with Gasteiger partial charge < -0.3 is 0 Å². The van der Waals surface area contributed by atoms with Crippen LogP contribution in [0.3, 0.4) is 0 Å². The third-order valence-electron chi connectivity index (χ3n) is 3.12. The van der Waals surface area contributed by atoms with Gasteiger partial charge in [0.15, 0.2) is 5.15 Å². The van der Waals surface area contributed by atoms with Crippen LogP contribution in [0.25, 0.3) is 0 Å². The molecule has 0 saturated heterocycles. The minimum atomic E-state index is -0.906. The van der Waals surface area contributed by atoms with Crippen LogP contribution in [0.1, 0.15) is 12.5 Å². The van der Waals surface area contributed by atoms with Crippen molar-refractivity contribution in [2.45, 2.75) is 17.2 Å². The van der Waals surface area contributed by atoms with Gasteiger partial charge in [0.05, 0.1) is 10.2 Å². The highest BCUT2D eigenvalue weighted by Gasteiger charge is 2.46. The molecule has 0 aliphatic heterocycles. The quantitative estimate of drug-likeness (QED) is 0.766. The number of hydrogen-bond acceptors (Lipinski definition) is 2. The number of alkyl halides is 1. The van der Waals surface area contributed by atoms with E-state index in [2.05, 4.69) is 21.0 Å². The molecule has 0 amide bonds. The molecular weight excluding hydrogens is 339 g/mol. The number of Topliss-reactive ketones (excluding diaryl/α,β-unsaturated/α-hetero) is 1. The van der Waals surface area contributed by atoms with E-state index in [-0.39, 0.29) is 15.8 Å². The molecule has 0 fully saturated rings. The Labute approximate surface area is 124 Å². The smallest absolute Gasteiger partial charge is 0.157 e. The van der Waals surface area contributed by atoms with Gasteiger partial charge >= 0.3 is 0 Å². The molecular formula is C12H11BrCl2N2O. The molecule has 1 aromatic heterocycles. The molecule has 2 atom stereocenters. The maximum atomic E-state index is 12.2. The SMILES string of the molecule is CC(=O)C1(c2c(Cl)nn(C)c2Cl)C=CC=CC1Br. The summed E-state index contributed by atoms with van der Waals surface area (Å²) in [6.45, 7) is 1.53. The van der Waals surface area contributed by atoms with Gasteiger partial charge in [0, 0.05) is 12.6 Å². The van der Waals surface area contributed by atoms with Gasteiger partial charge in [-0.25, -0.2) is 0 Å². The zero-order valence-electron chi connectivity index (χ0n) is 9.82. The topological polar surface area (TPSA) is 34.9 Å². The van der Waals surface area contributed by atoms with Gasteiger partial charge in [-0.3, -0.25) is 9.48 Å². The monoisotopic (exact) mass is 348 g/mol. The van der Waals surface area contributed by atoms with Crippen LogP contribution in [0, 0.1) is 0 Å². The number of ketones is 1. The van der Waals surface area contributed by atoms with E-state index in [1.54, 1.807) is 7.05 Å². The molecule has 1 aliphatic carbocycles. The van der Waals surface area contributed by atoms with E-state index in [1.165, 1.54) is 11.6 Å². The van der Waals surface area contributed by atoms with Crippen molar-refractivity contribution < 1.29 is 4.79 Å². The summed E-state index contributed by atoms with van der Waals surface area (Å²) in [5.41, 5.74) is -0.361. The lowest BCUT2D eigenvalue weighted by Gasteiger charge is -2.33. The van der Waals surface area contributed by atoms with Crippen LogP contribution in [0.2, 0.25) is 10.3 Å².